The quantitative estimate of drug-likeness (QED) is 0.400. The lowest BCUT2D eigenvalue weighted by Gasteiger charge is -1.90. The summed E-state index contributed by atoms with van der Waals surface area (Å²) in [5.41, 5.74) is 0. The van der Waals surface area contributed by atoms with Crippen LogP contribution in [0.5, 0.6) is 0 Å². The fourth-order valence-electron chi connectivity index (χ4n) is 0.264. The van der Waals surface area contributed by atoms with Gasteiger partial charge in [-0.3, -0.25) is 0 Å². The van der Waals surface area contributed by atoms with Crippen molar-refractivity contribution in [2.24, 2.45) is 0 Å². The molecule has 0 aliphatic rings. The van der Waals surface area contributed by atoms with E-state index in [2.05, 4.69) is 9.05 Å². The maximum Gasteiger partial charge on any atom is 0.700 e. The molecule has 0 aromatic carbocycles. The smallest absolute Gasteiger partial charge is 0.364 e. The average Bonchev–Trinajstić information content (AvgIpc) is 1.82. The lowest BCUT2D eigenvalue weighted by molar-refractivity contribution is -0.00563. The number of rotatable bonds is 5. The Balaban J connectivity index is 3.26. The van der Waals surface area contributed by atoms with E-state index in [9.17, 15) is 4.57 Å². The van der Waals surface area contributed by atoms with Gasteiger partial charge in [0.05, 0.1) is 5.88 Å². The minimum absolute atomic E-state index is 0.156. The third kappa shape index (κ3) is 6.39. The molecule has 0 rings (SSSR count). The number of alkyl halides is 1. The summed E-state index contributed by atoms with van der Waals surface area (Å²) >= 11 is 5.21. The van der Waals surface area contributed by atoms with E-state index in [0.717, 1.165) is 0 Å². The average molecular weight is 188 g/mol. The highest BCUT2D eigenvalue weighted by molar-refractivity contribution is 7.33. The van der Waals surface area contributed by atoms with Gasteiger partial charge >= 0.3 is 8.25 Å². The molecule has 6 heteroatoms. The van der Waals surface area contributed by atoms with Crippen LogP contribution in [0.3, 0.4) is 0 Å². The van der Waals surface area contributed by atoms with Crippen molar-refractivity contribution in [1.82, 2.24) is 0 Å². The lowest BCUT2D eigenvalue weighted by Crippen LogP contribution is -2.01. The van der Waals surface area contributed by atoms with Gasteiger partial charge in [-0.25, -0.2) is 0 Å². The van der Waals surface area contributed by atoms with Gasteiger partial charge in [0.15, 0.2) is 0 Å². The second-order valence-electron chi connectivity index (χ2n) is 1.45. The van der Waals surface area contributed by atoms with Gasteiger partial charge < -0.3 is 5.11 Å². The summed E-state index contributed by atoms with van der Waals surface area (Å²) in [5.74, 6) is 0.254. The molecule has 10 heavy (non-hydrogen) atoms. The first-order valence-electron chi connectivity index (χ1n) is 2.67. The molecule has 60 valence electrons. The Labute approximate surface area is 65.0 Å². The monoisotopic (exact) mass is 187 g/mol. The van der Waals surface area contributed by atoms with Gasteiger partial charge in [-0.05, 0) is 6.92 Å². The van der Waals surface area contributed by atoms with Crippen LogP contribution in [0.15, 0.2) is 0 Å². The maximum absolute atomic E-state index is 10.5. The van der Waals surface area contributed by atoms with Gasteiger partial charge in [-0.15, -0.1) is 16.1 Å². The van der Waals surface area contributed by atoms with Crippen molar-refractivity contribution < 1.29 is 18.7 Å². The molecule has 0 fully saturated rings. The first-order chi connectivity index (χ1) is 4.66. The van der Waals surface area contributed by atoms with Crippen LogP contribution < -0.4 is 0 Å². The zero-order valence-corrected chi connectivity index (χ0v) is 7.14. The zero-order chi connectivity index (χ0) is 7.98. The third-order valence-electron chi connectivity index (χ3n) is 0.512. The van der Waals surface area contributed by atoms with E-state index in [1.165, 1.54) is 6.92 Å². The Morgan fingerprint density at radius 2 is 2.40 bits per heavy atom. The number of hydrogen-bond donors (Lipinski definition) is 1. The molecule has 0 amide bonds. The van der Waals surface area contributed by atoms with E-state index in [0.29, 0.717) is 0 Å². The van der Waals surface area contributed by atoms with Gasteiger partial charge in [0.1, 0.15) is 6.61 Å². The summed E-state index contributed by atoms with van der Waals surface area (Å²) in [5, 5.41) is 8.50. The van der Waals surface area contributed by atoms with Crippen LogP contribution in [0.4, 0.5) is 0 Å². The summed E-state index contributed by atoms with van der Waals surface area (Å²) in [6.45, 7) is 1.50. The molecular weight excluding hydrogens is 178 g/mol. The first kappa shape index (κ1) is 10.3. The first-order valence-corrected chi connectivity index (χ1v) is 4.30. The van der Waals surface area contributed by atoms with Crippen molar-refractivity contribution in [2.75, 3.05) is 12.5 Å². The maximum atomic E-state index is 10.5. The van der Waals surface area contributed by atoms with Gasteiger partial charge in [0.2, 0.25) is 6.29 Å². The molecule has 4 nitrogen and oxygen atoms in total. The fraction of sp³-hybridized carbons (Fsp3) is 1.00. The molecule has 0 aliphatic carbocycles. The minimum atomic E-state index is -2.21. The van der Waals surface area contributed by atoms with Gasteiger partial charge in [-0.1, -0.05) is 4.52 Å². The molecule has 2 unspecified atom stereocenters. The molecule has 0 saturated carbocycles. The Hall–Kier alpha value is 0.270. The molecule has 0 heterocycles. The Morgan fingerprint density at radius 1 is 1.80 bits per heavy atom. The van der Waals surface area contributed by atoms with Crippen LogP contribution in [0, 0.1) is 0 Å². The summed E-state index contributed by atoms with van der Waals surface area (Å²) in [4.78, 5) is 0. The molecule has 0 spiro atoms. The standard InChI is InChI=1S/C4H9ClO4P/c1-4(6)9-10(7)8-3-2-5/h4,6H,2-3H2,1H3/q+1. The second-order valence-corrected chi connectivity index (χ2v) is 2.74. The van der Waals surface area contributed by atoms with Crippen LogP contribution >= 0.6 is 19.9 Å². The van der Waals surface area contributed by atoms with E-state index < -0.39 is 14.5 Å². The van der Waals surface area contributed by atoms with Crippen LogP contribution in [-0.2, 0) is 13.6 Å². The van der Waals surface area contributed by atoms with Gasteiger partial charge in [-0.2, -0.15) is 0 Å². The molecule has 2 atom stereocenters. The molecule has 0 aliphatic heterocycles. The number of aliphatic hydroxyl groups is 1. The predicted molar refractivity (Wildman–Crippen MR) is 37.0 cm³/mol. The van der Waals surface area contributed by atoms with E-state index >= 15 is 0 Å². The normalized spacial score (nSPS) is 14.9. The molecular formula is C4H9ClO4P+. The van der Waals surface area contributed by atoms with Gasteiger partial charge in [0, 0.05) is 4.57 Å². The van der Waals surface area contributed by atoms with Crippen molar-refractivity contribution in [3.05, 3.63) is 0 Å². The molecule has 0 aromatic rings. The van der Waals surface area contributed by atoms with Crippen molar-refractivity contribution in [3.63, 3.8) is 0 Å². The highest BCUT2D eigenvalue weighted by atomic mass is 35.5. The Morgan fingerprint density at radius 3 is 2.80 bits per heavy atom. The van der Waals surface area contributed by atoms with E-state index in [1.807, 2.05) is 0 Å². The molecule has 1 N–H and O–H groups in total. The van der Waals surface area contributed by atoms with Crippen LogP contribution in [0.25, 0.3) is 0 Å². The van der Waals surface area contributed by atoms with Gasteiger partial charge in [0.25, 0.3) is 0 Å². The summed E-state index contributed by atoms with van der Waals surface area (Å²) in [7, 11) is -2.21. The highest BCUT2D eigenvalue weighted by Gasteiger charge is 2.22. The lowest BCUT2D eigenvalue weighted by atomic mass is 10.8. The largest absolute Gasteiger partial charge is 0.700 e. The third-order valence-corrected chi connectivity index (χ3v) is 1.54. The molecule has 0 aromatic heterocycles. The van der Waals surface area contributed by atoms with Crippen molar-refractivity contribution in [3.8, 4) is 0 Å². The predicted octanol–water partition coefficient (Wildman–Crippen LogP) is 1.25. The second kappa shape index (κ2) is 6.01. The minimum Gasteiger partial charge on any atom is -0.364 e. The summed E-state index contributed by atoms with van der Waals surface area (Å²) in [6, 6.07) is 0. The van der Waals surface area contributed by atoms with E-state index in [1.54, 1.807) is 0 Å². The molecule has 0 saturated heterocycles. The summed E-state index contributed by atoms with van der Waals surface area (Å²) < 4.78 is 19.3. The zero-order valence-electron chi connectivity index (χ0n) is 5.49. The topological polar surface area (TPSA) is 55.8 Å². The van der Waals surface area contributed by atoms with Crippen LogP contribution in [0.2, 0.25) is 0 Å². The van der Waals surface area contributed by atoms with E-state index in [-0.39, 0.29) is 12.5 Å². The number of halogens is 1. The van der Waals surface area contributed by atoms with Crippen LogP contribution in [-0.4, -0.2) is 23.9 Å². The van der Waals surface area contributed by atoms with E-state index in [4.69, 9.17) is 16.7 Å². The van der Waals surface area contributed by atoms with Crippen LogP contribution in [0.1, 0.15) is 6.92 Å². The highest BCUT2D eigenvalue weighted by Crippen LogP contribution is 2.24. The number of aliphatic hydroxyl groups excluding tert-OH is 1. The van der Waals surface area contributed by atoms with Crippen molar-refractivity contribution in [2.45, 2.75) is 13.2 Å². The SMILES string of the molecule is CC(O)O[P+](=O)OCCCl. The fourth-order valence-corrected chi connectivity index (χ4v) is 0.999. The van der Waals surface area contributed by atoms with Crippen molar-refractivity contribution in [1.29, 1.82) is 0 Å². The Kier molecular flexibility index (Phi) is 6.17. The van der Waals surface area contributed by atoms with Crippen molar-refractivity contribution >= 4 is 19.9 Å². The number of hydrogen-bond acceptors (Lipinski definition) is 4. The Bertz CT molecular complexity index is 107. The summed E-state index contributed by atoms with van der Waals surface area (Å²) in [6.07, 6.45) is -1.07. The molecule has 0 radical (unpaired) electrons. The molecule has 0 bridgehead atoms.